The number of amides is 1. The Balaban J connectivity index is 2.46. The van der Waals surface area contributed by atoms with Crippen molar-refractivity contribution in [3.05, 3.63) is 34.6 Å². The molecule has 1 rings (SSSR count). The molecule has 1 unspecified atom stereocenters. The lowest BCUT2D eigenvalue weighted by Crippen LogP contribution is -2.26. The molecule has 1 aromatic rings. The number of aliphatic hydroxyl groups is 1. The minimum absolute atomic E-state index is 0.108. The van der Waals surface area contributed by atoms with Gasteiger partial charge in [0.1, 0.15) is 5.82 Å². The zero-order valence-electron chi connectivity index (χ0n) is 10.2. The van der Waals surface area contributed by atoms with Gasteiger partial charge in [0.15, 0.2) is 0 Å². The number of carbonyl (C=O) groups excluding carboxylic acids is 1. The van der Waals surface area contributed by atoms with Crippen molar-refractivity contribution >= 4 is 17.5 Å². The monoisotopic (exact) mass is 273 g/mol. The lowest BCUT2D eigenvalue weighted by Gasteiger charge is -2.09. The van der Waals surface area contributed by atoms with E-state index in [0.717, 1.165) is 12.8 Å². The van der Waals surface area contributed by atoms with Gasteiger partial charge in [0.2, 0.25) is 0 Å². The van der Waals surface area contributed by atoms with Gasteiger partial charge in [0.05, 0.1) is 10.6 Å². The fourth-order valence-corrected chi connectivity index (χ4v) is 1.80. The maximum atomic E-state index is 13.4. The molecule has 0 aliphatic rings. The summed E-state index contributed by atoms with van der Waals surface area (Å²) >= 11 is 5.78. The average molecular weight is 274 g/mol. The molecule has 0 radical (unpaired) electrons. The first-order chi connectivity index (χ1) is 8.56. The first kappa shape index (κ1) is 14.9. The molecule has 0 heterocycles. The summed E-state index contributed by atoms with van der Waals surface area (Å²) in [6.07, 6.45) is 1.54. The van der Waals surface area contributed by atoms with E-state index in [1.807, 2.05) is 6.92 Å². The van der Waals surface area contributed by atoms with Crippen LogP contribution in [0.1, 0.15) is 30.1 Å². The highest BCUT2D eigenvalue weighted by atomic mass is 35.5. The molecule has 0 spiro atoms. The van der Waals surface area contributed by atoms with E-state index >= 15 is 0 Å². The van der Waals surface area contributed by atoms with E-state index in [9.17, 15) is 9.18 Å². The Hall–Kier alpha value is -1.13. The molecule has 0 saturated heterocycles. The fraction of sp³-hybridized carbons (Fsp3) is 0.462. The van der Waals surface area contributed by atoms with Crippen molar-refractivity contribution < 1.29 is 14.3 Å². The van der Waals surface area contributed by atoms with Gasteiger partial charge in [-0.15, -0.1) is 0 Å². The van der Waals surface area contributed by atoms with Crippen LogP contribution >= 0.6 is 11.6 Å². The summed E-state index contributed by atoms with van der Waals surface area (Å²) in [7, 11) is 0. The molecule has 3 nitrogen and oxygen atoms in total. The largest absolute Gasteiger partial charge is 0.396 e. The Morgan fingerprint density at radius 1 is 1.56 bits per heavy atom. The summed E-state index contributed by atoms with van der Waals surface area (Å²) in [4.78, 5) is 11.7. The predicted octanol–water partition coefficient (Wildman–Crippen LogP) is 2.62. The predicted molar refractivity (Wildman–Crippen MR) is 69.2 cm³/mol. The molecule has 1 amide bonds. The first-order valence-corrected chi connectivity index (χ1v) is 6.27. The van der Waals surface area contributed by atoms with Crippen LogP contribution in [-0.2, 0) is 0 Å². The maximum Gasteiger partial charge on any atom is 0.255 e. The molecular weight excluding hydrogens is 257 g/mol. The molecule has 100 valence electrons. The van der Waals surface area contributed by atoms with E-state index in [-0.39, 0.29) is 23.1 Å². The number of hydrogen-bond acceptors (Lipinski definition) is 2. The third-order valence-electron chi connectivity index (χ3n) is 2.66. The molecule has 0 aliphatic heterocycles. The molecule has 1 atom stereocenters. The van der Waals surface area contributed by atoms with Crippen molar-refractivity contribution in [1.29, 1.82) is 0 Å². The van der Waals surface area contributed by atoms with E-state index in [2.05, 4.69) is 5.32 Å². The molecule has 0 fully saturated rings. The van der Waals surface area contributed by atoms with Gasteiger partial charge in [-0.1, -0.05) is 24.6 Å². The van der Waals surface area contributed by atoms with Gasteiger partial charge in [0.25, 0.3) is 5.91 Å². The molecule has 0 aromatic heterocycles. The number of hydrogen-bond donors (Lipinski definition) is 2. The molecular formula is C13H17ClFNO2. The van der Waals surface area contributed by atoms with E-state index in [1.54, 1.807) is 0 Å². The van der Waals surface area contributed by atoms with Crippen LogP contribution in [0.4, 0.5) is 4.39 Å². The quantitative estimate of drug-likeness (QED) is 0.783. The second-order valence-electron chi connectivity index (χ2n) is 4.28. The van der Waals surface area contributed by atoms with Gasteiger partial charge in [-0.25, -0.2) is 4.39 Å². The summed E-state index contributed by atoms with van der Waals surface area (Å²) in [5, 5.41) is 11.6. The number of rotatable bonds is 6. The SMILES string of the molecule is CC(CO)CCCNC(=O)c1c(F)cccc1Cl. The van der Waals surface area contributed by atoms with Crippen molar-refractivity contribution in [1.82, 2.24) is 5.32 Å². The molecule has 0 aliphatic carbocycles. The third kappa shape index (κ3) is 4.27. The second kappa shape index (κ2) is 7.34. The molecule has 18 heavy (non-hydrogen) atoms. The van der Waals surface area contributed by atoms with Crippen LogP contribution in [0, 0.1) is 11.7 Å². The van der Waals surface area contributed by atoms with Crippen LogP contribution in [0.15, 0.2) is 18.2 Å². The molecule has 1 aromatic carbocycles. The van der Waals surface area contributed by atoms with Gasteiger partial charge < -0.3 is 10.4 Å². The third-order valence-corrected chi connectivity index (χ3v) is 2.98. The standard InChI is InChI=1S/C13H17ClFNO2/c1-9(8-17)4-3-7-16-13(18)12-10(14)5-2-6-11(12)15/h2,5-6,9,17H,3-4,7-8H2,1H3,(H,16,18). The molecule has 0 saturated carbocycles. The zero-order chi connectivity index (χ0) is 13.5. The molecule has 2 N–H and O–H groups in total. The highest BCUT2D eigenvalue weighted by Crippen LogP contribution is 2.18. The minimum atomic E-state index is -0.622. The zero-order valence-corrected chi connectivity index (χ0v) is 11.0. The van der Waals surface area contributed by atoms with Crippen LogP contribution in [-0.4, -0.2) is 24.2 Å². The van der Waals surface area contributed by atoms with E-state index in [4.69, 9.17) is 16.7 Å². The van der Waals surface area contributed by atoms with Crippen LogP contribution in [0.5, 0.6) is 0 Å². The maximum absolute atomic E-state index is 13.4. The molecule has 0 bridgehead atoms. The van der Waals surface area contributed by atoms with Gasteiger partial charge in [-0.05, 0) is 30.9 Å². The minimum Gasteiger partial charge on any atom is -0.396 e. The summed E-state index contributed by atoms with van der Waals surface area (Å²) in [5.74, 6) is -0.919. The average Bonchev–Trinajstić information content (AvgIpc) is 2.34. The Morgan fingerprint density at radius 2 is 2.28 bits per heavy atom. The van der Waals surface area contributed by atoms with Crippen molar-refractivity contribution in [3.8, 4) is 0 Å². The Kier molecular flexibility index (Phi) is 6.09. The number of aliphatic hydroxyl groups excluding tert-OH is 1. The van der Waals surface area contributed by atoms with Crippen molar-refractivity contribution in [2.75, 3.05) is 13.2 Å². The summed E-state index contributed by atoms with van der Waals surface area (Å²) in [6.45, 7) is 2.50. The lowest BCUT2D eigenvalue weighted by atomic mass is 10.1. The summed E-state index contributed by atoms with van der Waals surface area (Å²) in [6, 6.07) is 4.14. The van der Waals surface area contributed by atoms with Crippen molar-refractivity contribution in [3.63, 3.8) is 0 Å². The highest BCUT2D eigenvalue weighted by molar-refractivity contribution is 6.33. The summed E-state index contributed by atoms with van der Waals surface area (Å²) < 4.78 is 13.4. The van der Waals surface area contributed by atoms with Crippen LogP contribution in [0.25, 0.3) is 0 Å². The number of benzene rings is 1. The lowest BCUT2D eigenvalue weighted by molar-refractivity contribution is 0.0948. The fourth-order valence-electron chi connectivity index (χ4n) is 1.55. The Morgan fingerprint density at radius 3 is 2.89 bits per heavy atom. The van der Waals surface area contributed by atoms with E-state index in [0.29, 0.717) is 6.54 Å². The van der Waals surface area contributed by atoms with Crippen molar-refractivity contribution in [2.45, 2.75) is 19.8 Å². The van der Waals surface area contributed by atoms with Crippen LogP contribution < -0.4 is 5.32 Å². The Labute approximate surface area is 111 Å². The molecule has 5 heteroatoms. The number of nitrogens with one attached hydrogen (secondary N) is 1. The number of halogens is 2. The van der Waals surface area contributed by atoms with E-state index < -0.39 is 11.7 Å². The highest BCUT2D eigenvalue weighted by Gasteiger charge is 2.14. The van der Waals surface area contributed by atoms with E-state index in [1.165, 1.54) is 18.2 Å². The van der Waals surface area contributed by atoms with Crippen molar-refractivity contribution in [2.24, 2.45) is 5.92 Å². The smallest absolute Gasteiger partial charge is 0.255 e. The summed E-state index contributed by atoms with van der Waals surface area (Å²) in [5.41, 5.74) is -0.116. The normalized spacial score (nSPS) is 12.2. The Bertz CT molecular complexity index is 392. The van der Waals surface area contributed by atoms with Gasteiger partial charge in [-0.2, -0.15) is 0 Å². The number of carbonyl (C=O) groups is 1. The van der Waals surface area contributed by atoms with Gasteiger partial charge in [-0.3, -0.25) is 4.79 Å². The van der Waals surface area contributed by atoms with Crippen LogP contribution in [0.2, 0.25) is 5.02 Å². The van der Waals surface area contributed by atoms with Gasteiger partial charge in [0, 0.05) is 13.2 Å². The second-order valence-corrected chi connectivity index (χ2v) is 4.69. The topological polar surface area (TPSA) is 49.3 Å². The van der Waals surface area contributed by atoms with Gasteiger partial charge >= 0.3 is 0 Å². The van der Waals surface area contributed by atoms with Crippen LogP contribution in [0.3, 0.4) is 0 Å². The first-order valence-electron chi connectivity index (χ1n) is 5.89.